The molecular weight excluding hydrogens is 476 g/mol. The SMILES string of the molecule is COc1c(O)c(CCCCCCCCCCO)c(C)c(O[C@H]2OC(C(=O)O)[C@H](O)C(O)C2O)c1OC. The number of aliphatic carboxylic acids is 1. The van der Waals surface area contributed by atoms with E-state index in [1.54, 1.807) is 6.92 Å². The molecule has 0 amide bonds. The molecule has 5 atom stereocenters. The van der Waals surface area contributed by atoms with Crippen LogP contribution < -0.4 is 14.2 Å². The van der Waals surface area contributed by atoms with E-state index in [1.807, 2.05) is 0 Å². The number of aliphatic hydroxyl groups excluding tert-OH is 4. The Morgan fingerprint density at radius 1 is 0.833 bits per heavy atom. The van der Waals surface area contributed by atoms with Gasteiger partial charge in [0.25, 0.3) is 0 Å². The molecule has 1 aromatic rings. The maximum Gasteiger partial charge on any atom is 0.335 e. The van der Waals surface area contributed by atoms with E-state index in [4.69, 9.17) is 24.1 Å². The molecule has 1 aromatic carbocycles. The van der Waals surface area contributed by atoms with Gasteiger partial charge < -0.3 is 49.6 Å². The van der Waals surface area contributed by atoms with E-state index in [9.17, 15) is 30.3 Å². The molecule has 6 N–H and O–H groups in total. The van der Waals surface area contributed by atoms with Gasteiger partial charge in [0.1, 0.15) is 18.3 Å². The summed E-state index contributed by atoms with van der Waals surface area (Å²) in [5.41, 5.74) is 1.03. The highest BCUT2D eigenvalue weighted by Crippen LogP contribution is 2.50. The predicted molar refractivity (Wildman–Crippen MR) is 129 cm³/mol. The summed E-state index contributed by atoms with van der Waals surface area (Å²) in [6.07, 6.45) is -0.437. The highest BCUT2D eigenvalue weighted by molar-refractivity contribution is 5.73. The number of hydrogen-bond acceptors (Lipinski definition) is 10. The topological polar surface area (TPSA) is 175 Å². The minimum absolute atomic E-state index is 0.0117. The lowest BCUT2D eigenvalue weighted by molar-refractivity contribution is -0.271. The molecule has 0 spiro atoms. The quantitative estimate of drug-likeness (QED) is 0.187. The van der Waals surface area contributed by atoms with Crippen molar-refractivity contribution in [3.05, 3.63) is 11.1 Å². The normalized spacial score (nSPS) is 23.9. The third-order valence-electron chi connectivity index (χ3n) is 6.50. The minimum atomic E-state index is -1.85. The van der Waals surface area contributed by atoms with Crippen molar-refractivity contribution in [3.63, 3.8) is 0 Å². The number of aromatic hydroxyl groups is 1. The second kappa shape index (κ2) is 14.4. The van der Waals surface area contributed by atoms with E-state index >= 15 is 0 Å². The zero-order valence-electron chi connectivity index (χ0n) is 21.2. The van der Waals surface area contributed by atoms with Crippen LogP contribution in [-0.4, -0.2) is 88.1 Å². The number of carboxylic acids is 1. The van der Waals surface area contributed by atoms with Crippen LogP contribution in [0.4, 0.5) is 0 Å². The van der Waals surface area contributed by atoms with Crippen LogP contribution in [0.15, 0.2) is 0 Å². The fourth-order valence-electron chi connectivity index (χ4n) is 4.39. The summed E-state index contributed by atoms with van der Waals surface area (Å²) in [6.45, 7) is 1.91. The van der Waals surface area contributed by atoms with Gasteiger partial charge in [-0.25, -0.2) is 4.79 Å². The zero-order valence-corrected chi connectivity index (χ0v) is 21.2. The summed E-state index contributed by atoms with van der Waals surface area (Å²) < 4.78 is 21.8. The molecule has 0 saturated carbocycles. The first-order valence-corrected chi connectivity index (χ1v) is 12.4. The van der Waals surface area contributed by atoms with Crippen LogP contribution in [-0.2, 0) is 16.0 Å². The number of phenols is 1. The minimum Gasteiger partial charge on any atom is -0.504 e. The summed E-state index contributed by atoms with van der Waals surface area (Å²) in [6, 6.07) is 0. The fourth-order valence-corrected chi connectivity index (χ4v) is 4.39. The van der Waals surface area contributed by atoms with Crippen molar-refractivity contribution >= 4 is 5.97 Å². The number of carbonyl (C=O) groups is 1. The molecule has 1 aliphatic rings. The van der Waals surface area contributed by atoms with Gasteiger partial charge in [-0.3, -0.25) is 0 Å². The summed E-state index contributed by atoms with van der Waals surface area (Å²) >= 11 is 0. The van der Waals surface area contributed by atoms with Crippen molar-refractivity contribution in [2.24, 2.45) is 0 Å². The number of phenolic OH excluding ortho intramolecular Hbond substituents is 1. The lowest BCUT2D eigenvalue weighted by Gasteiger charge is -2.39. The van der Waals surface area contributed by atoms with E-state index in [1.165, 1.54) is 14.2 Å². The van der Waals surface area contributed by atoms with E-state index in [0.717, 1.165) is 51.4 Å². The Morgan fingerprint density at radius 2 is 1.39 bits per heavy atom. The maximum atomic E-state index is 11.4. The van der Waals surface area contributed by atoms with Crippen molar-refractivity contribution < 1.29 is 54.4 Å². The highest BCUT2D eigenvalue weighted by Gasteiger charge is 2.48. The molecule has 1 fully saturated rings. The van der Waals surface area contributed by atoms with Gasteiger partial charge in [-0.15, -0.1) is 0 Å². The summed E-state index contributed by atoms with van der Waals surface area (Å²) in [4.78, 5) is 11.4. The Labute approximate surface area is 211 Å². The smallest absolute Gasteiger partial charge is 0.335 e. The Hall–Kier alpha value is -2.31. The molecular formula is C25H40O11. The number of methoxy groups -OCH3 is 2. The Morgan fingerprint density at radius 3 is 1.92 bits per heavy atom. The fraction of sp³-hybridized carbons (Fsp3) is 0.720. The van der Waals surface area contributed by atoms with E-state index < -0.39 is 36.7 Å². The van der Waals surface area contributed by atoms with Crippen LogP contribution in [0.25, 0.3) is 0 Å². The lowest BCUT2D eigenvalue weighted by Crippen LogP contribution is -2.61. The third kappa shape index (κ3) is 7.13. The van der Waals surface area contributed by atoms with Gasteiger partial charge in [0, 0.05) is 17.7 Å². The van der Waals surface area contributed by atoms with Crippen LogP contribution in [0, 0.1) is 6.92 Å². The first-order valence-electron chi connectivity index (χ1n) is 12.4. The van der Waals surface area contributed by atoms with E-state index in [2.05, 4.69) is 0 Å². The number of aliphatic hydroxyl groups is 4. The highest BCUT2D eigenvalue weighted by atomic mass is 16.7. The average Bonchev–Trinajstić information content (AvgIpc) is 2.85. The first-order chi connectivity index (χ1) is 17.2. The van der Waals surface area contributed by atoms with Crippen molar-refractivity contribution in [3.8, 4) is 23.0 Å². The lowest BCUT2D eigenvalue weighted by atomic mass is 9.97. The van der Waals surface area contributed by atoms with Gasteiger partial charge in [-0.1, -0.05) is 38.5 Å². The van der Waals surface area contributed by atoms with Crippen LogP contribution in [0.3, 0.4) is 0 Å². The van der Waals surface area contributed by atoms with E-state index in [0.29, 0.717) is 17.5 Å². The molecule has 206 valence electrons. The standard InChI is InChI=1S/C25H40O11/c1-14-15(12-10-8-6-4-5-7-9-11-13-26)16(27)21(33-2)23(34-3)20(14)35-25-19(30)17(28)18(29)22(36-25)24(31)32/h17-19,22,25-30H,4-13H2,1-3H3,(H,31,32)/t17?,18-,19?,22?,25+/m1/s1. The van der Waals surface area contributed by atoms with Crippen molar-refractivity contribution in [1.29, 1.82) is 0 Å². The van der Waals surface area contributed by atoms with Crippen molar-refractivity contribution in [2.75, 3.05) is 20.8 Å². The predicted octanol–water partition coefficient (Wildman–Crippen LogP) is 1.64. The summed E-state index contributed by atoms with van der Waals surface area (Å²) in [5, 5.41) is 59.4. The number of benzene rings is 1. The molecule has 11 nitrogen and oxygen atoms in total. The second-order valence-corrected chi connectivity index (χ2v) is 9.00. The summed E-state index contributed by atoms with van der Waals surface area (Å²) in [7, 11) is 2.68. The second-order valence-electron chi connectivity index (χ2n) is 9.00. The molecule has 11 heteroatoms. The molecule has 0 aliphatic carbocycles. The Bertz CT molecular complexity index is 844. The molecule has 2 rings (SSSR count). The van der Waals surface area contributed by atoms with Gasteiger partial charge >= 0.3 is 5.97 Å². The maximum absolute atomic E-state index is 11.4. The van der Waals surface area contributed by atoms with Gasteiger partial charge in [-0.05, 0) is 26.2 Å². The average molecular weight is 517 g/mol. The Kier molecular flexibility index (Phi) is 12.0. The zero-order chi connectivity index (χ0) is 26.8. The molecule has 0 radical (unpaired) electrons. The van der Waals surface area contributed by atoms with Gasteiger partial charge in [0.2, 0.25) is 17.8 Å². The molecule has 1 heterocycles. The first kappa shape index (κ1) is 29.9. The molecule has 1 saturated heterocycles. The summed E-state index contributed by atoms with van der Waals surface area (Å²) in [5.74, 6) is -1.54. The number of carboxylic acid groups (broad SMARTS) is 1. The third-order valence-corrected chi connectivity index (χ3v) is 6.50. The monoisotopic (exact) mass is 516 g/mol. The number of unbranched alkanes of at least 4 members (excludes halogenated alkanes) is 7. The number of rotatable bonds is 15. The molecule has 1 aliphatic heterocycles. The number of hydrogen-bond donors (Lipinski definition) is 6. The van der Waals surface area contributed by atoms with Gasteiger partial charge in [0.05, 0.1) is 14.2 Å². The molecule has 0 bridgehead atoms. The van der Waals surface area contributed by atoms with Crippen LogP contribution in [0.5, 0.6) is 23.0 Å². The van der Waals surface area contributed by atoms with Crippen molar-refractivity contribution in [1.82, 2.24) is 0 Å². The van der Waals surface area contributed by atoms with Gasteiger partial charge in [0.15, 0.2) is 17.6 Å². The molecule has 0 aromatic heterocycles. The van der Waals surface area contributed by atoms with Crippen LogP contribution >= 0.6 is 0 Å². The largest absolute Gasteiger partial charge is 0.504 e. The van der Waals surface area contributed by atoms with Gasteiger partial charge in [-0.2, -0.15) is 0 Å². The van der Waals surface area contributed by atoms with Crippen LogP contribution in [0.2, 0.25) is 0 Å². The Balaban J connectivity index is 2.19. The molecule has 3 unspecified atom stereocenters. The molecule has 36 heavy (non-hydrogen) atoms. The van der Waals surface area contributed by atoms with E-state index in [-0.39, 0.29) is 29.6 Å². The van der Waals surface area contributed by atoms with Crippen LogP contribution in [0.1, 0.15) is 62.5 Å². The van der Waals surface area contributed by atoms with Crippen molar-refractivity contribution in [2.45, 2.75) is 95.4 Å². The number of ether oxygens (including phenoxy) is 4.